The molecular weight excluding hydrogens is 376 g/mol. The van der Waals surface area contributed by atoms with Gasteiger partial charge >= 0.3 is 0 Å². The van der Waals surface area contributed by atoms with Gasteiger partial charge in [-0.1, -0.05) is 45.2 Å². The van der Waals surface area contributed by atoms with Crippen LogP contribution in [-0.4, -0.2) is 34.2 Å². The highest BCUT2D eigenvalue weighted by Crippen LogP contribution is 2.36. The molecule has 1 aromatic carbocycles. The maximum absolute atomic E-state index is 14.5. The van der Waals surface area contributed by atoms with Crippen molar-refractivity contribution in [1.82, 2.24) is 15.0 Å². The van der Waals surface area contributed by atoms with E-state index in [-0.39, 0.29) is 23.2 Å². The highest BCUT2D eigenvalue weighted by molar-refractivity contribution is 5.33. The van der Waals surface area contributed by atoms with Gasteiger partial charge in [-0.15, -0.1) is 0 Å². The van der Waals surface area contributed by atoms with Gasteiger partial charge < -0.3 is 9.26 Å². The minimum Gasteiger partial charge on any atom is -0.482 e. The van der Waals surface area contributed by atoms with E-state index in [4.69, 9.17) is 9.26 Å². The molecule has 2 heterocycles. The number of hydrogen-bond donors (Lipinski definition) is 0. The smallest absolute Gasteiger partial charge is 0.240 e. The molecule has 0 bridgehead atoms. The second-order valence-electron chi connectivity index (χ2n) is 9.34. The molecule has 0 amide bonds. The van der Waals surface area contributed by atoms with Crippen molar-refractivity contribution in [3.8, 4) is 5.75 Å². The second kappa shape index (κ2) is 8.01. The van der Waals surface area contributed by atoms with Gasteiger partial charge in [-0.3, -0.25) is 4.90 Å². The zero-order valence-corrected chi connectivity index (χ0v) is 17.4. The van der Waals surface area contributed by atoms with Crippen molar-refractivity contribution < 1.29 is 18.0 Å². The number of hydrogen-bond acceptors (Lipinski definition) is 5. The highest BCUT2D eigenvalue weighted by atomic mass is 19.1. The molecule has 158 valence electrons. The van der Waals surface area contributed by atoms with Gasteiger partial charge in [0.2, 0.25) is 5.89 Å². The summed E-state index contributed by atoms with van der Waals surface area (Å²) in [7, 11) is 0. The molecule has 0 spiro atoms. The summed E-state index contributed by atoms with van der Waals surface area (Å²) in [6.45, 7) is 7.72. The normalized spacial score (nSPS) is 19.3. The van der Waals surface area contributed by atoms with E-state index in [9.17, 15) is 8.78 Å². The second-order valence-corrected chi connectivity index (χ2v) is 9.34. The van der Waals surface area contributed by atoms with Crippen molar-refractivity contribution in [1.29, 1.82) is 0 Å². The lowest BCUT2D eigenvalue weighted by Gasteiger charge is -2.38. The van der Waals surface area contributed by atoms with E-state index in [2.05, 4.69) is 15.0 Å². The Morgan fingerprint density at radius 1 is 1.10 bits per heavy atom. The Kier molecular flexibility index (Phi) is 5.60. The Hall–Kier alpha value is -2.02. The van der Waals surface area contributed by atoms with Crippen molar-refractivity contribution in [2.45, 2.75) is 76.9 Å². The van der Waals surface area contributed by atoms with E-state index in [1.54, 1.807) is 0 Å². The summed E-state index contributed by atoms with van der Waals surface area (Å²) in [5.74, 6) is 0.00693. The van der Waals surface area contributed by atoms with Crippen LogP contribution in [0.2, 0.25) is 0 Å². The minimum absolute atomic E-state index is 0.165. The standard InChI is InChI=1S/C22H29F2N3O2/c1-22(2,3)21-25-19(29-26-21)13-27-11-16(12-27)28-20-17(23)9-15(10-18(20)24)14-7-5-4-6-8-14/h9-10,14,16H,4-8,11-13H2,1-3H3. The maximum atomic E-state index is 14.5. The summed E-state index contributed by atoms with van der Waals surface area (Å²) < 4.78 is 40.0. The molecule has 4 rings (SSSR count). The van der Waals surface area contributed by atoms with E-state index in [0.29, 0.717) is 31.3 Å². The van der Waals surface area contributed by atoms with Crippen LogP contribution in [-0.2, 0) is 12.0 Å². The summed E-state index contributed by atoms with van der Waals surface area (Å²) in [6.07, 6.45) is 5.22. The Bertz CT molecular complexity index is 827. The summed E-state index contributed by atoms with van der Waals surface area (Å²) in [4.78, 5) is 6.47. The first-order valence-corrected chi connectivity index (χ1v) is 10.5. The zero-order chi connectivity index (χ0) is 20.6. The molecule has 1 saturated heterocycles. The van der Waals surface area contributed by atoms with Crippen LogP contribution in [0.15, 0.2) is 16.7 Å². The van der Waals surface area contributed by atoms with Gasteiger partial charge in [0.15, 0.2) is 23.2 Å². The van der Waals surface area contributed by atoms with Gasteiger partial charge in [0.1, 0.15) is 6.10 Å². The molecule has 0 N–H and O–H groups in total. The van der Waals surface area contributed by atoms with Crippen LogP contribution in [0.5, 0.6) is 5.75 Å². The SMILES string of the molecule is CC(C)(C)c1noc(CN2CC(Oc3c(F)cc(C4CCCCC4)cc3F)C2)n1. The molecule has 1 aromatic heterocycles. The first kappa shape index (κ1) is 20.3. The highest BCUT2D eigenvalue weighted by Gasteiger charge is 2.32. The molecular formula is C22H29F2N3O2. The number of nitrogens with zero attached hydrogens (tertiary/aromatic N) is 3. The Morgan fingerprint density at radius 2 is 1.76 bits per heavy atom. The lowest BCUT2D eigenvalue weighted by atomic mass is 9.84. The van der Waals surface area contributed by atoms with E-state index in [1.807, 2.05) is 20.8 Å². The van der Waals surface area contributed by atoms with Crippen molar-refractivity contribution in [3.05, 3.63) is 41.0 Å². The van der Waals surface area contributed by atoms with Crippen LogP contribution in [0.25, 0.3) is 0 Å². The number of aromatic nitrogens is 2. The van der Waals surface area contributed by atoms with Crippen LogP contribution >= 0.6 is 0 Å². The van der Waals surface area contributed by atoms with Gasteiger partial charge in [0.05, 0.1) is 6.54 Å². The van der Waals surface area contributed by atoms with E-state index < -0.39 is 11.6 Å². The predicted molar refractivity (Wildman–Crippen MR) is 105 cm³/mol. The fourth-order valence-corrected chi connectivity index (χ4v) is 4.07. The molecule has 1 saturated carbocycles. The molecule has 2 aliphatic rings. The largest absolute Gasteiger partial charge is 0.482 e. The van der Waals surface area contributed by atoms with E-state index in [1.165, 1.54) is 18.6 Å². The average Bonchev–Trinajstić information content (AvgIpc) is 3.12. The van der Waals surface area contributed by atoms with Gasteiger partial charge in [0, 0.05) is 18.5 Å². The third-order valence-electron chi connectivity index (χ3n) is 5.80. The first-order valence-electron chi connectivity index (χ1n) is 10.5. The lowest BCUT2D eigenvalue weighted by Crippen LogP contribution is -2.53. The number of likely N-dealkylation sites (tertiary alicyclic amines) is 1. The lowest BCUT2D eigenvalue weighted by molar-refractivity contribution is 0.00425. The fourth-order valence-electron chi connectivity index (χ4n) is 4.07. The molecule has 2 fully saturated rings. The summed E-state index contributed by atoms with van der Waals surface area (Å²) in [5.41, 5.74) is 0.592. The van der Waals surface area contributed by atoms with Crippen LogP contribution in [0, 0.1) is 11.6 Å². The quantitative estimate of drug-likeness (QED) is 0.704. The summed E-state index contributed by atoms with van der Waals surface area (Å²) in [5, 5.41) is 4.01. The molecule has 1 aliphatic heterocycles. The van der Waals surface area contributed by atoms with Crippen molar-refractivity contribution in [2.75, 3.05) is 13.1 Å². The number of halogens is 2. The summed E-state index contributed by atoms with van der Waals surface area (Å²) in [6, 6.07) is 2.91. The van der Waals surface area contributed by atoms with Crippen molar-refractivity contribution in [3.63, 3.8) is 0 Å². The molecule has 0 atom stereocenters. The van der Waals surface area contributed by atoms with Crippen LogP contribution in [0.1, 0.15) is 76.1 Å². The average molecular weight is 405 g/mol. The molecule has 2 aromatic rings. The van der Waals surface area contributed by atoms with Gasteiger partial charge in [-0.05, 0) is 36.5 Å². The number of ether oxygens (including phenoxy) is 1. The topological polar surface area (TPSA) is 51.4 Å². The summed E-state index contributed by atoms with van der Waals surface area (Å²) >= 11 is 0. The van der Waals surface area contributed by atoms with Crippen LogP contribution in [0.4, 0.5) is 8.78 Å². The number of benzene rings is 1. The van der Waals surface area contributed by atoms with E-state index >= 15 is 0 Å². The Morgan fingerprint density at radius 3 is 2.34 bits per heavy atom. The van der Waals surface area contributed by atoms with E-state index in [0.717, 1.165) is 31.2 Å². The van der Waals surface area contributed by atoms with Gasteiger partial charge in [0.25, 0.3) is 0 Å². The molecule has 29 heavy (non-hydrogen) atoms. The molecule has 1 aliphatic carbocycles. The van der Waals surface area contributed by atoms with Crippen molar-refractivity contribution in [2.24, 2.45) is 0 Å². The Balaban J connectivity index is 1.32. The Labute approximate surface area is 170 Å². The van der Waals surface area contributed by atoms with Gasteiger partial charge in [-0.25, -0.2) is 8.78 Å². The molecule has 0 radical (unpaired) electrons. The fraction of sp³-hybridized carbons (Fsp3) is 0.636. The van der Waals surface area contributed by atoms with Crippen LogP contribution < -0.4 is 4.74 Å². The minimum atomic E-state index is -0.601. The molecule has 5 nitrogen and oxygen atoms in total. The van der Waals surface area contributed by atoms with Crippen LogP contribution in [0.3, 0.4) is 0 Å². The molecule has 0 unspecified atom stereocenters. The first-order chi connectivity index (χ1) is 13.8. The van der Waals surface area contributed by atoms with Gasteiger partial charge in [-0.2, -0.15) is 4.98 Å². The predicted octanol–water partition coefficient (Wildman–Crippen LogP) is 4.96. The maximum Gasteiger partial charge on any atom is 0.240 e. The molecule has 7 heteroatoms. The van der Waals surface area contributed by atoms with Crippen molar-refractivity contribution >= 4 is 0 Å². The number of rotatable bonds is 5. The third kappa shape index (κ3) is 4.60. The zero-order valence-electron chi connectivity index (χ0n) is 17.4. The monoisotopic (exact) mass is 405 g/mol. The third-order valence-corrected chi connectivity index (χ3v) is 5.80.